The molecule has 29 heavy (non-hydrogen) atoms. The van der Waals surface area contributed by atoms with Crippen LogP contribution in [0.2, 0.25) is 0 Å². The third kappa shape index (κ3) is 7.13. The van der Waals surface area contributed by atoms with Crippen molar-refractivity contribution < 1.29 is 9.59 Å². The molecule has 1 aliphatic rings. The van der Waals surface area contributed by atoms with E-state index in [1.54, 1.807) is 11.3 Å². The second kappa shape index (κ2) is 11.1. The molecular weight excluding hydrogens is 380 g/mol. The molecule has 5 heteroatoms. The van der Waals surface area contributed by atoms with E-state index < -0.39 is 5.91 Å². The quantitative estimate of drug-likeness (QED) is 0.403. The summed E-state index contributed by atoms with van der Waals surface area (Å²) in [5.74, 6) is 0.179. The van der Waals surface area contributed by atoms with Crippen LogP contribution in [0.1, 0.15) is 113 Å². The van der Waals surface area contributed by atoms with E-state index in [9.17, 15) is 9.59 Å². The average molecular weight is 421 g/mol. The third-order valence-electron chi connectivity index (χ3n) is 6.25. The minimum Gasteiger partial charge on any atom is -0.365 e. The topological polar surface area (TPSA) is 72.2 Å². The van der Waals surface area contributed by atoms with Gasteiger partial charge in [-0.3, -0.25) is 9.59 Å². The highest BCUT2D eigenvalue weighted by atomic mass is 32.1. The SMILES string of the molecule is CCCCCCCCCCC(=O)Nc1sc2c(c1C(N)=O)CCC(C(C)(C)C)C2. The summed E-state index contributed by atoms with van der Waals surface area (Å²) < 4.78 is 0. The van der Waals surface area contributed by atoms with Gasteiger partial charge in [0.2, 0.25) is 5.91 Å². The van der Waals surface area contributed by atoms with Crippen molar-refractivity contribution in [2.24, 2.45) is 17.1 Å². The number of primary amides is 1. The Bertz CT molecular complexity index is 688. The van der Waals surface area contributed by atoms with Crippen LogP contribution in [-0.2, 0) is 17.6 Å². The number of hydrogen-bond acceptors (Lipinski definition) is 3. The van der Waals surface area contributed by atoms with Gasteiger partial charge >= 0.3 is 0 Å². The van der Waals surface area contributed by atoms with Crippen molar-refractivity contribution >= 4 is 28.2 Å². The van der Waals surface area contributed by atoms with Crippen LogP contribution >= 0.6 is 11.3 Å². The van der Waals surface area contributed by atoms with Crippen LogP contribution in [0.25, 0.3) is 0 Å². The molecule has 2 rings (SSSR count). The maximum Gasteiger partial charge on any atom is 0.251 e. The molecule has 0 fully saturated rings. The molecule has 3 N–H and O–H groups in total. The minimum atomic E-state index is -0.418. The summed E-state index contributed by atoms with van der Waals surface area (Å²) in [7, 11) is 0. The van der Waals surface area contributed by atoms with E-state index in [4.69, 9.17) is 5.73 Å². The lowest BCUT2D eigenvalue weighted by atomic mass is 9.72. The molecule has 4 nitrogen and oxygen atoms in total. The predicted octanol–water partition coefficient (Wildman–Crippen LogP) is 6.47. The molecule has 0 radical (unpaired) electrons. The third-order valence-corrected chi connectivity index (χ3v) is 7.42. The normalized spacial score (nSPS) is 16.5. The summed E-state index contributed by atoms with van der Waals surface area (Å²) in [5, 5.41) is 3.67. The summed E-state index contributed by atoms with van der Waals surface area (Å²) in [4.78, 5) is 25.8. The number of hydrogen-bond donors (Lipinski definition) is 2. The Balaban J connectivity index is 1.88. The van der Waals surface area contributed by atoms with Gasteiger partial charge in [0.15, 0.2) is 0 Å². The molecule has 0 bridgehead atoms. The molecule has 0 saturated heterocycles. The number of rotatable bonds is 11. The summed E-state index contributed by atoms with van der Waals surface area (Å²) in [6.45, 7) is 9.06. The van der Waals surface area contributed by atoms with Crippen molar-refractivity contribution in [3.63, 3.8) is 0 Å². The van der Waals surface area contributed by atoms with E-state index in [-0.39, 0.29) is 11.3 Å². The monoisotopic (exact) mass is 420 g/mol. The molecule has 2 amide bonds. The summed E-state index contributed by atoms with van der Waals surface area (Å²) in [6.07, 6.45) is 13.1. The fraction of sp³-hybridized carbons (Fsp3) is 0.750. The van der Waals surface area contributed by atoms with Gasteiger partial charge in [-0.1, -0.05) is 72.6 Å². The number of fused-ring (bicyclic) bond motifs is 1. The van der Waals surface area contributed by atoms with Gasteiger partial charge in [-0.15, -0.1) is 11.3 Å². The molecule has 1 aliphatic carbocycles. The Labute approximate surface area is 181 Å². The Morgan fingerprint density at radius 1 is 1.07 bits per heavy atom. The fourth-order valence-electron chi connectivity index (χ4n) is 4.28. The molecule has 0 saturated carbocycles. The van der Waals surface area contributed by atoms with Crippen molar-refractivity contribution in [3.05, 3.63) is 16.0 Å². The number of anilines is 1. The zero-order valence-corrected chi connectivity index (χ0v) is 19.7. The van der Waals surface area contributed by atoms with Crippen molar-refractivity contribution in [2.45, 2.75) is 105 Å². The smallest absolute Gasteiger partial charge is 0.251 e. The van der Waals surface area contributed by atoms with E-state index in [1.165, 1.54) is 43.4 Å². The van der Waals surface area contributed by atoms with E-state index >= 15 is 0 Å². The van der Waals surface area contributed by atoms with Crippen LogP contribution < -0.4 is 11.1 Å². The van der Waals surface area contributed by atoms with Gasteiger partial charge in [-0.25, -0.2) is 0 Å². The predicted molar refractivity (Wildman–Crippen MR) is 124 cm³/mol. The van der Waals surface area contributed by atoms with Gasteiger partial charge < -0.3 is 11.1 Å². The summed E-state index contributed by atoms with van der Waals surface area (Å²) in [5.41, 5.74) is 7.56. The Kier molecular flexibility index (Phi) is 9.19. The highest BCUT2D eigenvalue weighted by Crippen LogP contribution is 2.44. The van der Waals surface area contributed by atoms with Crippen LogP contribution in [0, 0.1) is 11.3 Å². The van der Waals surface area contributed by atoms with E-state index in [1.807, 2.05) is 0 Å². The first-order valence-electron chi connectivity index (χ1n) is 11.5. The molecule has 1 aromatic heterocycles. The van der Waals surface area contributed by atoms with Gasteiger partial charge in [0.25, 0.3) is 5.91 Å². The van der Waals surface area contributed by atoms with Crippen molar-refractivity contribution in [1.29, 1.82) is 0 Å². The lowest BCUT2D eigenvalue weighted by Gasteiger charge is -2.33. The number of carbonyl (C=O) groups excluding carboxylic acids is 2. The van der Waals surface area contributed by atoms with Crippen molar-refractivity contribution in [1.82, 2.24) is 0 Å². The zero-order valence-electron chi connectivity index (χ0n) is 18.9. The Morgan fingerprint density at radius 2 is 1.69 bits per heavy atom. The highest BCUT2D eigenvalue weighted by molar-refractivity contribution is 7.17. The summed E-state index contributed by atoms with van der Waals surface area (Å²) >= 11 is 1.56. The molecule has 0 spiro atoms. The molecule has 1 aromatic rings. The van der Waals surface area contributed by atoms with E-state index in [2.05, 4.69) is 33.0 Å². The lowest BCUT2D eigenvalue weighted by Crippen LogP contribution is -2.27. The fourth-order valence-corrected chi connectivity index (χ4v) is 5.63. The van der Waals surface area contributed by atoms with Crippen LogP contribution in [0.15, 0.2) is 0 Å². The van der Waals surface area contributed by atoms with Crippen molar-refractivity contribution in [3.8, 4) is 0 Å². The molecule has 0 aliphatic heterocycles. The number of thiophene rings is 1. The maximum atomic E-state index is 12.4. The second-order valence-corrected chi connectivity index (χ2v) is 10.8. The molecular formula is C24H40N2O2S. The largest absolute Gasteiger partial charge is 0.365 e. The number of amides is 2. The molecule has 1 unspecified atom stereocenters. The first-order chi connectivity index (χ1) is 13.7. The van der Waals surface area contributed by atoms with E-state index in [0.29, 0.717) is 22.9 Å². The number of nitrogens with one attached hydrogen (secondary N) is 1. The highest BCUT2D eigenvalue weighted by Gasteiger charge is 2.33. The average Bonchev–Trinajstić information content (AvgIpc) is 3.00. The maximum absolute atomic E-state index is 12.4. The van der Waals surface area contributed by atoms with Crippen LogP contribution in [-0.4, -0.2) is 11.8 Å². The molecule has 1 heterocycles. The first-order valence-corrected chi connectivity index (χ1v) is 12.3. The number of unbranched alkanes of at least 4 members (excludes halogenated alkanes) is 7. The van der Waals surface area contributed by atoms with Crippen LogP contribution in [0.5, 0.6) is 0 Å². The van der Waals surface area contributed by atoms with Crippen molar-refractivity contribution in [2.75, 3.05) is 5.32 Å². The molecule has 164 valence electrons. The van der Waals surface area contributed by atoms with Gasteiger partial charge in [0, 0.05) is 11.3 Å². The zero-order chi connectivity index (χ0) is 21.4. The minimum absolute atomic E-state index is 0.00412. The van der Waals surface area contributed by atoms with Gasteiger partial charge in [0.05, 0.1) is 5.56 Å². The second-order valence-electron chi connectivity index (χ2n) is 9.65. The van der Waals surface area contributed by atoms with E-state index in [0.717, 1.165) is 37.7 Å². The van der Waals surface area contributed by atoms with Gasteiger partial charge in [-0.05, 0) is 42.6 Å². The number of nitrogens with two attached hydrogens (primary N) is 1. The van der Waals surface area contributed by atoms with Crippen LogP contribution in [0.4, 0.5) is 5.00 Å². The summed E-state index contributed by atoms with van der Waals surface area (Å²) in [6, 6.07) is 0. The van der Waals surface area contributed by atoms with Crippen LogP contribution in [0.3, 0.4) is 0 Å². The first kappa shape index (κ1) is 23.9. The number of carbonyl (C=O) groups is 2. The van der Waals surface area contributed by atoms with Gasteiger partial charge in [0.1, 0.15) is 5.00 Å². The molecule has 1 atom stereocenters. The Morgan fingerprint density at radius 3 is 2.28 bits per heavy atom. The van der Waals surface area contributed by atoms with Gasteiger partial charge in [-0.2, -0.15) is 0 Å². The standard InChI is InChI=1S/C24H40N2O2S/c1-5-6-7-8-9-10-11-12-13-20(27)26-23-21(22(25)28)18-15-14-17(24(2,3)4)16-19(18)29-23/h17H,5-16H2,1-4H3,(H2,25,28)(H,26,27). The lowest BCUT2D eigenvalue weighted by molar-refractivity contribution is -0.116. The Hall–Kier alpha value is -1.36. The molecule has 0 aromatic carbocycles.